The van der Waals surface area contributed by atoms with Crippen LogP contribution in [0.3, 0.4) is 0 Å². The predicted octanol–water partition coefficient (Wildman–Crippen LogP) is 2.52. The summed E-state index contributed by atoms with van der Waals surface area (Å²) in [5.74, 6) is -0.913. The fraction of sp³-hybridized carbons (Fsp3) is 0.174. The monoisotopic (exact) mass is 422 g/mol. The molecule has 1 aromatic heterocycles. The summed E-state index contributed by atoms with van der Waals surface area (Å²) in [5, 5.41) is 11.8. The Balaban J connectivity index is 1.62. The second kappa shape index (κ2) is 10.2. The minimum atomic E-state index is -0.657. The Hall–Kier alpha value is -3.91. The number of anilines is 1. The van der Waals surface area contributed by atoms with Crippen molar-refractivity contribution >= 4 is 23.5 Å². The molecule has 0 saturated carbocycles. The summed E-state index contributed by atoms with van der Waals surface area (Å²) >= 11 is 0. The van der Waals surface area contributed by atoms with Crippen LogP contribution in [0.15, 0.2) is 71.3 Å². The number of para-hydroxylation sites is 1. The molecule has 8 nitrogen and oxygen atoms in total. The summed E-state index contributed by atoms with van der Waals surface area (Å²) in [6.07, 6.45) is 1.52. The predicted molar refractivity (Wildman–Crippen MR) is 112 cm³/mol. The lowest BCUT2D eigenvalue weighted by molar-refractivity contribution is -0.121. The zero-order valence-electron chi connectivity index (χ0n) is 16.9. The number of rotatable bonds is 8. The first kappa shape index (κ1) is 21.8. The number of furan rings is 1. The molecule has 8 heteroatoms. The van der Waals surface area contributed by atoms with Crippen molar-refractivity contribution in [2.24, 2.45) is 0 Å². The van der Waals surface area contributed by atoms with Gasteiger partial charge >= 0.3 is 5.97 Å². The fourth-order valence-electron chi connectivity index (χ4n) is 2.82. The van der Waals surface area contributed by atoms with Gasteiger partial charge in [-0.1, -0.05) is 24.3 Å². The highest BCUT2D eigenvalue weighted by Gasteiger charge is 2.20. The molecule has 2 aromatic carbocycles. The Morgan fingerprint density at radius 3 is 2.45 bits per heavy atom. The Labute approximate surface area is 179 Å². The first-order valence-corrected chi connectivity index (χ1v) is 9.52. The first-order valence-electron chi connectivity index (χ1n) is 9.52. The molecular formula is C23H22N2O6. The second-order valence-corrected chi connectivity index (χ2v) is 6.66. The lowest BCUT2D eigenvalue weighted by Crippen LogP contribution is -2.33. The molecule has 0 aliphatic heterocycles. The smallest absolute Gasteiger partial charge is 0.338 e. The van der Waals surface area contributed by atoms with Gasteiger partial charge < -0.3 is 24.5 Å². The summed E-state index contributed by atoms with van der Waals surface area (Å²) in [6.45, 7) is -0.406. The third kappa shape index (κ3) is 5.58. The highest BCUT2D eigenvalue weighted by molar-refractivity contribution is 6.05. The maximum Gasteiger partial charge on any atom is 0.338 e. The van der Waals surface area contributed by atoms with E-state index in [9.17, 15) is 14.4 Å². The Morgan fingerprint density at radius 1 is 1.03 bits per heavy atom. The van der Waals surface area contributed by atoms with E-state index in [-0.39, 0.29) is 24.6 Å². The first-order chi connectivity index (χ1) is 15.0. The van der Waals surface area contributed by atoms with E-state index in [1.165, 1.54) is 30.3 Å². The highest BCUT2D eigenvalue weighted by Crippen LogP contribution is 2.20. The average molecular weight is 422 g/mol. The zero-order chi connectivity index (χ0) is 22.2. The lowest BCUT2D eigenvalue weighted by Gasteiger charge is -2.20. The standard InChI is InChI=1S/C23H22N2O6/c1-25(21(27)15-31-23(29)17-10-8-16(14-26)9-11-17)20-7-3-2-6-19(20)22(28)24-13-18-5-4-12-30-18/h2-12,26H,13-15H2,1H3,(H,24,28). The van der Waals surface area contributed by atoms with Crippen molar-refractivity contribution in [3.8, 4) is 0 Å². The SMILES string of the molecule is CN(C(=O)COC(=O)c1ccc(CO)cc1)c1ccccc1C(=O)NCc1ccco1. The van der Waals surface area contributed by atoms with Crippen LogP contribution in [0.2, 0.25) is 0 Å². The van der Waals surface area contributed by atoms with Crippen molar-refractivity contribution in [1.82, 2.24) is 5.32 Å². The molecule has 160 valence electrons. The average Bonchev–Trinajstić information content (AvgIpc) is 3.34. The molecule has 0 aliphatic carbocycles. The number of likely N-dealkylation sites (N-methyl/N-ethyl adjacent to an activating group) is 1. The van der Waals surface area contributed by atoms with Crippen molar-refractivity contribution < 1.29 is 28.6 Å². The molecule has 0 atom stereocenters. The molecule has 3 rings (SSSR count). The van der Waals surface area contributed by atoms with Crippen LogP contribution in [-0.4, -0.2) is 36.5 Å². The van der Waals surface area contributed by atoms with Crippen LogP contribution in [0.4, 0.5) is 5.69 Å². The van der Waals surface area contributed by atoms with E-state index >= 15 is 0 Å². The number of hydrogen-bond donors (Lipinski definition) is 2. The van der Waals surface area contributed by atoms with E-state index in [1.54, 1.807) is 48.5 Å². The number of esters is 1. The number of carbonyl (C=O) groups excluding carboxylic acids is 3. The Kier molecular flexibility index (Phi) is 7.18. The number of aliphatic hydroxyl groups is 1. The van der Waals surface area contributed by atoms with Crippen LogP contribution >= 0.6 is 0 Å². The molecule has 0 unspecified atom stereocenters. The van der Waals surface area contributed by atoms with Crippen LogP contribution in [0.5, 0.6) is 0 Å². The number of nitrogens with one attached hydrogen (secondary N) is 1. The molecule has 2 N–H and O–H groups in total. The van der Waals surface area contributed by atoms with Crippen molar-refractivity contribution in [3.63, 3.8) is 0 Å². The summed E-state index contributed by atoms with van der Waals surface area (Å²) in [6, 6.07) is 16.3. The second-order valence-electron chi connectivity index (χ2n) is 6.66. The molecular weight excluding hydrogens is 400 g/mol. The van der Waals surface area contributed by atoms with E-state index in [4.69, 9.17) is 14.3 Å². The molecule has 1 heterocycles. The van der Waals surface area contributed by atoms with Crippen LogP contribution in [0.25, 0.3) is 0 Å². The maximum atomic E-state index is 12.6. The van der Waals surface area contributed by atoms with Gasteiger partial charge in [0.05, 0.1) is 36.2 Å². The van der Waals surface area contributed by atoms with Gasteiger partial charge in [-0.05, 0) is 42.0 Å². The van der Waals surface area contributed by atoms with Crippen LogP contribution in [-0.2, 0) is 22.7 Å². The van der Waals surface area contributed by atoms with Gasteiger partial charge in [0.1, 0.15) is 5.76 Å². The van der Waals surface area contributed by atoms with E-state index < -0.39 is 18.5 Å². The summed E-state index contributed by atoms with van der Waals surface area (Å²) in [5.41, 5.74) is 1.61. The van der Waals surface area contributed by atoms with E-state index in [0.717, 1.165) is 0 Å². The van der Waals surface area contributed by atoms with Crippen LogP contribution in [0, 0.1) is 0 Å². The van der Waals surface area contributed by atoms with Crippen molar-refractivity contribution in [2.75, 3.05) is 18.6 Å². The van der Waals surface area contributed by atoms with Gasteiger partial charge in [0, 0.05) is 7.05 Å². The topological polar surface area (TPSA) is 109 Å². The molecule has 0 aliphatic rings. The largest absolute Gasteiger partial charge is 0.467 e. The van der Waals surface area contributed by atoms with Gasteiger partial charge in [0.15, 0.2) is 6.61 Å². The van der Waals surface area contributed by atoms with Gasteiger partial charge in [-0.15, -0.1) is 0 Å². The molecule has 3 aromatic rings. The number of ether oxygens (including phenoxy) is 1. The highest BCUT2D eigenvalue weighted by atomic mass is 16.5. The van der Waals surface area contributed by atoms with E-state index in [1.807, 2.05) is 0 Å². The summed E-state index contributed by atoms with van der Waals surface area (Å²) < 4.78 is 10.3. The number of benzene rings is 2. The third-order valence-electron chi connectivity index (χ3n) is 4.59. The lowest BCUT2D eigenvalue weighted by atomic mass is 10.1. The Morgan fingerprint density at radius 2 is 1.77 bits per heavy atom. The van der Waals surface area contributed by atoms with Crippen LogP contribution < -0.4 is 10.2 Å². The molecule has 31 heavy (non-hydrogen) atoms. The number of carbonyl (C=O) groups is 3. The minimum Gasteiger partial charge on any atom is -0.467 e. The van der Waals surface area contributed by atoms with Crippen molar-refractivity contribution in [2.45, 2.75) is 13.2 Å². The van der Waals surface area contributed by atoms with E-state index in [2.05, 4.69) is 5.32 Å². The fourth-order valence-corrected chi connectivity index (χ4v) is 2.82. The van der Waals surface area contributed by atoms with Crippen molar-refractivity contribution in [3.05, 3.63) is 89.4 Å². The van der Waals surface area contributed by atoms with Gasteiger partial charge in [0.25, 0.3) is 11.8 Å². The number of nitrogens with zero attached hydrogens (tertiary/aromatic N) is 1. The van der Waals surface area contributed by atoms with Crippen molar-refractivity contribution in [1.29, 1.82) is 0 Å². The molecule has 0 bridgehead atoms. The third-order valence-corrected chi connectivity index (χ3v) is 4.59. The molecule has 0 fully saturated rings. The summed E-state index contributed by atoms with van der Waals surface area (Å²) in [7, 11) is 1.50. The number of aliphatic hydroxyl groups excluding tert-OH is 1. The van der Waals surface area contributed by atoms with Gasteiger partial charge in [-0.3, -0.25) is 9.59 Å². The molecule has 0 spiro atoms. The van der Waals surface area contributed by atoms with E-state index in [0.29, 0.717) is 22.6 Å². The Bertz CT molecular complexity index is 1040. The molecule has 0 saturated heterocycles. The van der Waals surface area contributed by atoms with Crippen LogP contribution in [0.1, 0.15) is 32.0 Å². The van der Waals surface area contributed by atoms with Gasteiger partial charge in [-0.2, -0.15) is 0 Å². The maximum absolute atomic E-state index is 12.6. The number of amides is 2. The zero-order valence-corrected chi connectivity index (χ0v) is 16.9. The molecule has 0 radical (unpaired) electrons. The van der Waals surface area contributed by atoms with Gasteiger partial charge in [-0.25, -0.2) is 4.79 Å². The quantitative estimate of drug-likeness (QED) is 0.540. The number of hydrogen-bond acceptors (Lipinski definition) is 6. The molecule has 2 amide bonds. The van der Waals surface area contributed by atoms with Gasteiger partial charge in [0.2, 0.25) is 0 Å². The minimum absolute atomic E-state index is 0.132. The normalized spacial score (nSPS) is 10.4. The summed E-state index contributed by atoms with van der Waals surface area (Å²) in [4.78, 5) is 38.6.